The van der Waals surface area contributed by atoms with E-state index in [1.807, 2.05) is 17.8 Å². The van der Waals surface area contributed by atoms with Gasteiger partial charge in [0.25, 0.3) is 0 Å². The molecular formula is C20H34N6O. The van der Waals surface area contributed by atoms with Crippen molar-refractivity contribution in [2.24, 2.45) is 12.0 Å². The number of rotatable bonds is 8. The van der Waals surface area contributed by atoms with Gasteiger partial charge in [-0.1, -0.05) is 19.0 Å². The van der Waals surface area contributed by atoms with Gasteiger partial charge in [0, 0.05) is 37.8 Å². The summed E-state index contributed by atoms with van der Waals surface area (Å²) < 4.78 is 7.41. The van der Waals surface area contributed by atoms with Crippen LogP contribution in [0.1, 0.15) is 67.9 Å². The molecule has 0 saturated carbocycles. The van der Waals surface area contributed by atoms with Crippen molar-refractivity contribution >= 4 is 5.96 Å². The van der Waals surface area contributed by atoms with Crippen LogP contribution < -0.4 is 10.6 Å². The highest BCUT2D eigenvalue weighted by atomic mass is 16.5. The summed E-state index contributed by atoms with van der Waals surface area (Å²) in [5.41, 5.74) is 4.62. The normalized spacial score (nSPS) is 13.3. The molecule has 2 N–H and O–H groups in total. The fourth-order valence-electron chi connectivity index (χ4n) is 3.38. The Morgan fingerprint density at radius 2 is 2.00 bits per heavy atom. The van der Waals surface area contributed by atoms with Crippen LogP contribution in [0, 0.1) is 13.8 Å². The Morgan fingerprint density at radius 1 is 1.30 bits per heavy atom. The maximum atomic E-state index is 5.47. The quantitative estimate of drug-likeness (QED) is 0.548. The molecule has 1 atom stereocenters. The van der Waals surface area contributed by atoms with Crippen LogP contribution in [0.5, 0.6) is 0 Å². The Hall–Kier alpha value is -2.31. The van der Waals surface area contributed by atoms with E-state index in [1.165, 1.54) is 11.3 Å². The molecule has 2 rings (SSSR count). The number of hydrogen-bond donors (Lipinski definition) is 2. The number of guanidine groups is 1. The predicted molar refractivity (Wildman–Crippen MR) is 109 cm³/mol. The summed E-state index contributed by atoms with van der Waals surface area (Å²) in [4.78, 5) is 4.32. The third-order valence-electron chi connectivity index (χ3n) is 5.19. The molecule has 0 aliphatic carbocycles. The zero-order valence-electron chi connectivity index (χ0n) is 17.8. The highest BCUT2D eigenvalue weighted by molar-refractivity contribution is 5.79. The van der Waals surface area contributed by atoms with E-state index in [-0.39, 0.29) is 6.04 Å². The lowest BCUT2D eigenvalue weighted by Gasteiger charge is -2.17. The number of hydrogen-bond acceptors (Lipinski definition) is 4. The first-order valence-electron chi connectivity index (χ1n) is 9.81. The van der Waals surface area contributed by atoms with Crippen molar-refractivity contribution in [3.05, 3.63) is 34.5 Å². The Kier molecular flexibility index (Phi) is 7.45. The third kappa shape index (κ3) is 5.34. The van der Waals surface area contributed by atoms with Gasteiger partial charge in [-0.3, -0.25) is 9.67 Å². The predicted octanol–water partition coefficient (Wildman–Crippen LogP) is 3.22. The molecule has 7 heteroatoms. The van der Waals surface area contributed by atoms with Crippen molar-refractivity contribution in [1.82, 2.24) is 25.6 Å². The SMILES string of the molecule is CCC(CC)c1cc(CNC(=NC)NC(C)Cc2c(C)nn(C)c2C)on1. The molecule has 0 aliphatic rings. The topological polar surface area (TPSA) is 80.3 Å². The van der Waals surface area contributed by atoms with Crippen molar-refractivity contribution in [2.75, 3.05) is 7.05 Å². The number of aliphatic imine (C=N–C) groups is 1. The van der Waals surface area contributed by atoms with Crippen molar-refractivity contribution in [2.45, 2.75) is 72.4 Å². The molecule has 0 spiro atoms. The van der Waals surface area contributed by atoms with E-state index in [2.05, 4.69) is 60.5 Å². The molecule has 27 heavy (non-hydrogen) atoms. The molecule has 0 bridgehead atoms. The molecule has 0 saturated heterocycles. The van der Waals surface area contributed by atoms with Gasteiger partial charge < -0.3 is 15.2 Å². The maximum Gasteiger partial charge on any atom is 0.191 e. The number of nitrogens with zero attached hydrogens (tertiary/aromatic N) is 4. The summed E-state index contributed by atoms with van der Waals surface area (Å²) in [7, 11) is 3.76. The Labute approximate surface area is 162 Å². The van der Waals surface area contributed by atoms with Crippen molar-refractivity contribution in [1.29, 1.82) is 0 Å². The Morgan fingerprint density at radius 3 is 2.56 bits per heavy atom. The molecule has 7 nitrogen and oxygen atoms in total. The number of aromatic nitrogens is 3. The molecule has 0 aromatic carbocycles. The average Bonchev–Trinajstić information content (AvgIpc) is 3.20. The lowest BCUT2D eigenvalue weighted by molar-refractivity contribution is 0.368. The summed E-state index contributed by atoms with van der Waals surface area (Å²) in [5.74, 6) is 2.04. The van der Waals surface area contributed by atoms with Gasteiger partial charge in [0.1, 0.15) is 0 Å². The van der Waals surface area contributed by atoms with Crippen LogP contribution in [0.4, 0.5) is 0 Å². The monoisotopic (exact) mass is 374 g/mol. The van der Waals surface area contributed by atoms with Crippen LogP contribution in [0.3, 0.4) is 0 Å². The van der Waals surface area contributed by atoms with E-state index in [4.69, 9.17) is 4.52 Å². The first kappa shape index (κ1) is 21.0. The van der Waals surface area contributed by atoms with Crippen LogP contribution in [-0.4, -0.2) is 34.0 Å². The molecule has 2 aromatic heterocycles. The third-order valence-corrected chi connectivity index (χ3v) is 5.19. The summed E-state index contributed by atoms with van der Waals surface area (Å²) in [6.07, 6.45) is 3.04. The van der Waals surface area contributed by atoms with Crippen LogP contribution >= 0.6 is 0 Å². The van der Waals surface area contributed by atoms with Gasteiger partial charge in [-0.15, -0.1) is 0 Å². The second-order valence-corrected chi connectivity index (χ2v) is 7.18. The van der Waals surface area contributed by atoms with Crippen LogP contribution in [-0.2, 0) is 20.0 Å². The standard InChI is InChI=1S/C20H34N6O/c1-8-16(9-2)19-11-17(27-25-19)12-22-20(21-6)23-13(3)10-18-14(4)24-26(7)15(18)5/h11,13,16H,8-10,12H2,1-7H3,(H2,21,22,23). The number of nitrogens with one attached hydrogen (secondary N) is 2. The first-order valence-corrected chi connectivity index (χ1v) is 9.81. The van der Waals surface area contributed by atoms with E-state index in [1.54, 1.807) is 7.05 Å². The van der Waals surface area contributed by atoms with Gasteiger partial charge in [-0.2, -0.15) is 5.10 Å². The van der Waals surface area contributed by atoms with Gasteiger partial charge in [-0.05, 0) is 45.6 Å². The second kappa shape index (κ2) is 9.58. The average molecular weight is 375 g/mol. The van der Waals surface area contributed by atoms with Gasteiger partial charge in [-0.25, -0.2) is 0 Å². The maximum absolute atomic E-state index is 5.47. The summed E-state index contributed by atoms with van der Waals surface area (Å²) in [5, 5.41) is 15.5. The van der Waals surface area contributed by atoms with Crippen molar-refractivity contribution in [3.63, 3.8) is 0 Å². The largest absolute Gasteiger partial charge is 0.359 e. The van der Waals surface area contributed by atoms with Crippen LogP contribution in [0.25, 0.3) is 0 Å². The first-order chi connectivity index (χ1) is 12.9. The van der Waals surface area contributed by atoms with Crippen LogP contribution in [0.15, 0.2) is 15.6 Å². The molecule has 150 valence electrons. The molecule has 2 heterocycles. The highest BCUT2D eigenvalue weighted by Gasteiger charge is 2.15. The molecule has 0 radical (unpaired) electrons. The second-order valence-electron chi connectivity index (χ2n) is 7.18. The number of aryl methyl sites for hydroxylation is 2. The molecule has 0 aliphatic heterocycles. The zero-order valence-corrected chi connectivity index (χ0v) is 17.8. The van der Waals surface area contributed by atoms with Gasteiger partial charge in [0.05, 0.1) is 17.9 Å². The fourth-order valence-corrected chi connectivity index (χ4v) is 3.38. The van der Waals surface area contributed by atoms with Gasteiger partial charge >= 0.3 is 0 Å². The summed E-state index contributed by atoms with van der Waals surface area (Å²) in [6.45, 7) is 11.2. The van der Waals surface area contributed by atoms with Crippen molar-refractivity contribution in [3.8, 4) is 0 Å². The summed E-state index contributed by atoms with van der Waals surface area (Å²) in [6, 6.07) is 2.27. The summed E-state index contributed by atoms with van der Waals surface area (Å²) >= 11 is 0. The molecule has 0 amide bonds. The van der Waals surface area contributed by atoms with E-state index in [0.717, 1.165) is 42.4 Å². The Bertz CT molecular complexity index is 757. The van der Waals surface area contributed by atoms with E-state index >= 15 is 0 Å². The van der Waals surface area contributed by atoms with Gasteiger partial charge in [0.2, 0.25) is 0 Å². The molecular weight excluding hydrogens is 340 g/mol. The fraction of sp³-hybridized carbons (Fsp3) is 0.650. The smallest absolute Gasteiger partial charge is 0.191 e. The highest BCUT2D eigenvalue weighted by Crippen LogP contribution is 2.22. The lowest BCUT2D eigenvalue weighted by atomic mass is 9.99. The van der Waals surface area contributed by atoms with Crippen molar-refractivity contribution < 1.29 is 4.52 Å². The van der Waals surface area contributed by atoms with E-state index < -0.39 is 0 Å². The minimum Gasteiger partial charge on any atom is -0.359 e. The minimum atomic E-state index is 0.229. The van der Waals surface area contributed by atoms with Gasteiger partial charge in [0.15, 0.2) is 11.7 Å². The minimum absolute atomic E-state index is 0.229. The van der Waals surface area contributed by atoms with E-state index in [9.17, 15) is 0 Å². The molecule has 1 unspecified atom stereocenters. The molecule has 0 fully saturated rings. The molecule has 2 aromatic rings. The van der Waals surface area contributed by atoms with Crippen LogP contribution in [0.2, 0.25) is 0 Å². The lowest BCUT2D eigenvalue weighted by Crippen LogP contribution is -2.42. The Balaban J connectivity index is 1.90. The van der Waals surface area contributed by atoms with E-state index in [0.29, 0.717) is 12.5 Å². The zero-order chi connectivity index (χ0) is 20.0.